The molecule has 2 heterocycles. The van der Waals surface area contributed by atoms with Crippen LogP contribution < -0.4 is 0 Å². The number of amides is 1. The summed E-state index contributed by atoms with van der Waals surface area (Å²) in [6.45, 7) is 6.63. The molecule has 2 rings (SSSR count). The normalized spacial score (nSPS) is 15.9. The number of likely N-dealkylation sites (tertiary alicyclic amines) is 1. The van der Waals surface area contributed by atoms with Gasteiger partial charge < -0.3 is 4.90 Å². The summed E-state index contributed by atoms with van der Waals surface area (Å²) in [6, 6.07) is 0. The van der Waals surface area contributed by atoms with Gasteiger partial charge in [-0.2, -0.15) is 5.10 Å². The molecule has 1 aromatic rings. The van der Waals surface area contributed by atoms with E-state index in [0.717, 1.165) is 56.6 Å². The maximum absolute atomic E-state index is 12.1. The molecular weight excluding hydrogens is 286 g/mol. The summed E-state index contributed by atoms with van der Waals surface area (Å²) >= 11 is 6.36. The van der Waals surface area contributed by atoms with E-state index in [4.69, 9.17) is 11.6 Å². The zero-order valence-electron chi connectivity index (χ0n) is 12.9. The van der Waals surface area contributed by atoms with E-state index >= 15 is 0 Å². The van der Waals surface area contributed by atoms with Gasteiger partial charge in [-0.15, -0.1) is 0 Å². The number of nitrogens with zero attached hydrogens (tertiary/aromatic N) is 3. The number of hydrogen-bond donors (Lipinski definition) is 0. The van der Waals surface area contributed by atoms with Crippen LogP contribution in [0.25, 0.3) is 6.08 Å². The molecule has 0 bridgehead atoms. The van der Waals surface area contributed by atoms with Gasteiger partial charge in [0.05, 0.1) is 5.69 Å². The van der Waals surface area contributed by atoms with Crippen molar-refractivity contribution in [3.8, 4) is 0 Å². The van der Waals surface area contributed by atoms with E-state index < -0.39 is 0 Å². The lowest BCUT2D eigenvalue weighted by atomic mass is 10.1. The molecule has 116 valence electrons. The molecule has 0 atom stereocenters. The molecule has 0 aromatic carbocycles. The smallest absolute Gasteiger partial charge is 0.246 e. The Morgan fingerprint density at radius 3 is 2.71 bits per heavy atom. The second-order valence-electron chi connectivity index (χ2n) is 5.59. The Bertz CT molecular complexity index is 516. The second-order valence-corrected chi connectivity index (χ2v) is 5.94. The zero-order valence-corrected chi connectivity index (χ0v) is 13.7. The van der Waals surface area contributed by atoms with Crippen LogP contribution in [0.5, 0.6) is 0 Å². The molecule has 5 heteroatoms. The largest absolute Gasteiger partial charge is 0.339 e. The van der Waals surface area contributed by atoms with Gasteiger partial charge in [0.25, 0.3) is 0 Å². The first-order valence-corrected chi connectivity index (χ1v) is 8.21. The summed E-state index contributed by atoms with van der Waals surface area (Å²) in [5.41, 5.74) is 1.73. The SMILES string of the molecule is CCCCn1nc(C)c(C=CC(=O)N2CCCCC2)c1Cl. The van der Waals surface area contributed by atoms with Crippen LogP contribution in [-0.4, -0.2) is 33.7 Å². The highest BCUT2D eigenvalue weighted by atomic mass is 35.5. The van der Waals surface area contributed by atoms with E-state index in [1.165, 1.54) is 6.42 Å². The quantitative estimate of drug-likeness (QED) is 0.778. The zero-order chi connectivity index (χ0) is 15.2. The molecule has 0 radical (unpaired) electrons. The number of rotatable bonds is 5. The Labute approximate surface area is 131 Å². The van der Waals surface area contributed by atoms with Crippen LogP contribution in [0.3, 0.4) is 0 Å². The molecule has 1 amide bonds. The van der Waals surface area contributed by atoms with Gasteiger partial charge in [0, 0.05) is 31.3 Å². The van der Waals surface area contributed by atoms with Crippen LogP contribution in [0, 0.1) is 6.92 Å². The van der Waals surface area contributed by atoms with E-state index in [9.17, 15) is 4.79 Å². The first-order valence-electron chi connectivity index (χ1n) is 7.83. The van der Waals surface area contributed by atoms with Crippen LogP contribution in [0.1, 0.15) is 50.3 Å². The summed E-state index contributed by atoms with van der Waals surface area (Å²) in [5.74, 6) is 0.0754. The van der Waals surface area contributed by atoms with Gasteiger partial charge >= 0.3 is 0 Å². The summed E-state index contributed by atoms with van der Waals surface area (Å²) in [5, 5.41) is 5.08. The Kier molecular flexibility index (Phi) is 5.85. The third kappa shape index (κ3) is 4.10. The second kappa shape index (κ2) is 7.64. The molecule has 0 saturated carbocycles. The average molecular weight is 310 g/mol. The fraction of sp³-hybridized carbons (Fsp3) is 0.625. The highest BCUT2D eigenvalue weighted by Gasteiger charge is 2.15. The van der Waals surface area contributed by atoms with Crippen molar-refractivity contribution in [1.29, 1.82) is 0 Å². The first kappa shape index (κ1) is 16.1. The minimum atomic E-state index is 0.0754. The van der Waals surface area contributed by atoms with Crippen molar-refractivity contribution in [2.75, 3.05) is 13.1 Å². The molecule has 1 aliphatic rings. The van der Waals surface area contributed by atoms with Crippen molar-refractivity contribution >= 4 is 23.6 Å². The predicted molar refractivity (Wildman–Crippen MR) is 86.3 cm³/mol. The van der Waals surface area contributed by atoms with Gasteiger partial charge in [-0.05, 0) is 38.7 Å². The number of carbonyl (C=O) groups excluding carboxylic acids is 1. The topological polar surface area (TPSA) is 38.1 Å². The van der Waals surface area contributed by atoms with E-state index in [1.807, 2.05) is 22.6 Å². The Balaban J connectivity index is 2.05. The van der Waals surface area contributed by atoms with Crippen LogP contribution >= 0.6 is 11.6 Å². The summed E-state index contributed by atoms with van der Waals surface area (Å²) < 4.78 is 1.82. The van der Waals surface area contributed by atoms with Crippen LogP contribution in [0.2, 0.25) is 5.15 Å². The first-order chi connectivity index (χ1) is 10.1. The number of carbonyl (C=O) groups is 1. The van der Waals surface area contributed by atoms with Crippen molar-refractivity contribution in [2.45, 2.75) is 52.5 Å². The number of aromatic nitrogens is 2. The Morgan fingerprint density at radius 1 is 1.33 bits per heavy atom. The number of hydrogen-bond acceptors (Lipinski definition) is 2. The lowest BCUT2D eigenvalue weighted by molar-refractivity contribution is -0.126. The molecule has 1 aromatic heterocycles. The molecule has 0 spiro atoms. The van der Waals surface area contributed by atoms with Crippen molar-refractivity contribution in [3.05, 3.63) is 22.5 Å². The fourth-order valence-electron chi connectivity index (χ4n) is 2.59. The fourth-order valence-corrected chi connectivity index (χ4v) is 2.91. The predicted octanol–water partition coefficient (Wildman–Crippen LogP) is 3.67. The monoisotopic (exact) mass is 309 g/mol. The van der Waals surface area contributed by atoms with Gasteiger partial charge in [0.15, 0.2) is 0 Å². The Morgan fingerprint density at radius 2 is 2.05 bits per heavy atom. The molecule has 21 heavy (non-hydrogen) atoms. The van der Waals surface area contributed by atoms with Crippen molar-refractivity contribution < 1.29 is 4.79 Å². The van der Waals surface area contributed by atoms with Crippen LogP contribution in [-0.2, 0) is 11.3 Å². The highest BCUT2D eigenvalue weighted by Crippen LogP contribution is 2.22. The van der Waals surface area contributed by atoms with Gasteiger partial charge in [0.1, 0.15) is 5.15 Å². The van der Waals surface area contributed by atoms with E-state index in [-0.39, 0.29) is 5.91 Å². The van der Waals surface area contributed by atoms with Crippen LogP contribution in [0.4, 0.5) is 0 Å². The molecule has 1 fully saturated rings. The van der Waals surface area contributed by atoms with Crippen LogP contribution in [0.15, 0.2) is 6.08 Å². The summed E-state index contributed by atoms with van der Waals surface area (Å²) in [6.07, 6.45) is 9.03. The average Bonchev–Trinajstić information content (AvgIpc) is 2.78. The molecule has 1 saturated heterocycles. The third-order valence-corrected chi connectivity index (χ3v) is 4.29. The molecular formula is C16H24ClN3O. The molecule has 0 aliphatic carbocycles. The van der Waals surface area contributed by atoms with Gasteiger partial charge in [-0.25, -0.2) is 0 Å². The van der Waals surface area contributed by atoms with Gasteiger partial charge in [-0.1, -0.05) is 24.9 Å². The lowest BCUT2D eigenvalue weighted by Crippen LogP contribution is -2.34. The number of aryl methyl sites for hydroxylation is 2. The van der Waals surface area contributed by atoms with E-state index in [2.05, 4.69) is 12.0 Å². The maximum Gasteiger partial charge on any atom is 0.246 e. The standard InChI is InChI=1S/C16H24ClN3O/c1-3-4-12-20-16(17)14(13(2)18-20)8-9-15(21)19-10-6-5-7-11-19/h8-9H,3-7,10-12H2,1-2H3. The molecule has 0 N–H and O–H groups in total. The number of unbranched alkanes of at least 4 members (excludes halogenated alkanes) is 1. The minimum absolute atomic E-state index is 0.0754. The number of halogens is 1. The highest BCUT2D eigenvalue weighted by molar-refractivity contribution is 6.31. The molecule has 0 unspecified atom stereocenters. The molecule has 1 aliphatic heterocycles. The van der Waals surface area contributed by atoms with Crippen molar-refractivity contribution in [3.63, 3.8) is 0 Å². The lowest BCUT2D eigenvalue weighted by Gasteiger charge is -2.25. The van der Waals surface area contributed by atoms with E-state index in [1.54, 1.807) is 6.08 Å². The summed E-state index contributed by atoms with van der Waals surface area (Å²) in [4.78, 5) is 14.0. The number of piperidine rings is 1. The van der Waals surface area contributed by atoms with E-state index in [0.29, 0.717) is 5.15 Å². The molecule has 4 nitrogen and oxygen atoms in total. The Hall–Kier alpha value is -1.29. The van der Waals surface area contributed by atoms with Crippen molar-refractivity contribution in [1.82, 2.24) is 14.7 Å². The summed E-state index contributed by atoms with van der Waals surface area (Å²) in [7, 11) is 0. The maximum atomic E-state index is 12.1. The van der Waals surface area contributed by atoms with Crippen molar-refractivity contribution in [2.24, 2.45) is 0 Å². The minimum Gasteiger partial charge on any atom is -0.339 e. The third-order valence-electron chi connectivity index (χ3n) is 3.89. The van der Waals surface area contributed by atoms with Gasteiger partial charge in [0.2, 0.25) is 5.91 Å². The van der Waals surface area contributed by atoms with Gasteiger partial charge in [-0.3, -0.25) is 9.48 Å².